The van der Waals surface area contributed by atoms with Crippen LogP contribution in [0.5, 0.6) is 0 Å². The summed E-state index contributed by atoms with van der Waals surface area (Å²) in [7, 11) is 2.18. The third kappa shape index (κ3) is 6.66. The van der Waals surface area contributed by atoms with Gasteiger partial charge in [-0.3, -0.25) is 4.90 Å². The lowest BCUT2D eigenvalue weighted by molar-refractivity contribution is 0.204. The summed E-state index contributed by atoms with van der Waals surface area (Å²) in [5, 5.41) is 3.52. The van der Waals surface area contributed by atoms with Gasteiger partial charge in [-0.05, 0) is 60.1 Å². The van der Waals surface area contributed by atoms with E-state index >= 15 is 0 Å². The van der Waals surface area contributed by atoms with E-state index in [1.54, 1.807) is 0 Å². The molecule has 1 rings (SSSR count). The molecule has 0 radical (unpaired) electrons. The van der Waals surface area contributed by atoms with Crippen molar-refractivity contribution in [2.24, 2.45) is 5.92 Å². The number of furan rings is 1. The van der Waals surface area contributed by atoms with Crippen molar-refractivity contribution >= 4 is 0 Å². The maximum atomic E-state index is 5.92. The first-order valence-electron chi connectivity index (χ1n) is 8.12. The van der Waals surface area contributed by atoms with Gasteiger partial charge in [-0.25, -0.2) is 0 Å². The minimum absolute atomic E-state index is 0.131. The molecule has 3 nitrogen and oxygen atoms in total. The Balaban J connectivity index is 2.61. The molecule has 1 heterocycles. The van der Waals surface area contributed by atoms with Gasteiger partial charge in [0.05, 0.1) is 6.54 Å². The van der Waals surface area contributed by atoms with E-state index < -0.39 is 0 Å². The molecule has 0 aliphatic rings. The number of aryl methyl sites for hydroxylation is 1. The van der Waals surface area contributed by atoms with Gasteiger partial charge in [-0.2, -0.15) is 0 Å². The lowest BCUT2D eigenvalue weighted by atomic mass is 10.0. The molecule has 1 atom stereocenters. The molecule has 0 fully saturated rings. The van der Waals surface area contributed by atoms with Gasteiger partial charge in [0.15, 0.2) is 0 Å². The average Bonchev–Trinajstić information content (AvgIpc) is 2.65. The van der Waals surface area contributed by atoms with E-state index in [1.165, 1.54) is 12.0 Å². The van der Waals surface area contributed by atoms with E-state index in [9.17, 15) is 0 Å². The number of nitrogens with zero attached hydrogens (tertiary/aromatic N) is 1. The van der Waals surface area contributed by atoms with E-state index in [1.807, 2.05) is 0 Å². The molecule has 0 saturated heterocycles. The summed E-state index contributed by atoms with van der Waals surface area (Å²) in [6, 6.07) is 2.78. The summed E-state index contributed by atoms with van der Waals surface area (Å²) >= 11 is 0. The van der Waals surface area contributed by atoms with Crippen LogP contribution in [-0.4, -0.2) is 23.5 Å². The zero-order valence-corrected chi connectivity index (χ0v) is 15.2. The van der Waals surface area contributed by atoms with Crippen LogP contribution in [-0.2, 0) is 13.1 Å². The summed E-state index contributed by atoms with van der Waals surface area (Å²) in [4.78, 5) is 2.37. The Kier molecular flexibility index (Phi) is 6.48. The molecule has 0 aliphatic carbocycles. The van der Waals surface area contributed by atoms with Gasteiger partial charge in [0.2, 0.25) is 0 Å². The Labute approximate surface area is 131 Å². The first kappa shape index (κ1) is 18.2. The second-order valence-electron chi connectivity index (χ2n) is 7.79. The van der Waals surface area contributed by atoms with Gasteiger partial charge in [-0.15, -0.1) is 0 Å². The Hall–Kier alpha value is -0.800. The predicted molar refractivity (Wildman–Crippen MR) is 90.4 cm³/mol. The fourth-order valence-corrected chi connectivity index (χ4v) is 2.47. The Morgan fingerprint density at radius 2 is 1.86 bits per heavy atom. The van der Waals surface area contributed by atoms with Crippen molar-refractivity contribution in [3.63, 3.8) is 0 Å². The van der Waals surface area contributed by atoms with Crippen LogP contribution in [0.1, 0.15) is 65.0 Å². The molecular formula is C18H34N2O. The van der Waals surface area contributed by atoms with Gasteiger partial charge in [0.25, 0.3) is 0 Å². The minimum atomic E-state index is 0.131. The molecule has 0 bridgehead atoms. The molecule has 21 heavy (non-hydrogen) atoms. The van der Waals surface area contributed by atoms with Crippen LogP contribution in [0.2, 0.25) is 0 Å². The van der Waals surface area contributed by atoms with Gasteiger partial charge in [0, 0.05) is 23.7 Å². The van der Waals surface area contributed by atoms with Gasteiger partial charge in [-0.1, -0.05) is 13.8 Å². The normalized spacial score (nSPS) is 14.2. The third-order valence-electron chi connectivity index (χ3n) is 3.85. The van der Waals surface area contributed by atoms with E-state index in [4.69, 9.17) is 4.42 Å². The van der Waals surface area contributed by atoms with Gasteiger partial charge in [0.1, 0.15) is 11.5 Å². The maximum Gasteiger partial charge on any atom is 0.118 e. The highest BCUT2D eigenvalue weighted by Crippen LogP contribution is 2.19. The van der Waals surface area contributed by atoms with Crippen LogP contribution in [0, 0.1) is 12.8 Å². The molecule has 1 unspecified atom stereocenters. The lowest BCUT2D eigenvalue weighted by Crippen LogP contribution is -2.35. The fraction of sp³-hybridized carbons (Fsp3) is 0.778. The van der Waals surface area contributed by atoms with Crippen molar-refractivity contribution in [3.05, 3.63) is 23.2 Å². The van der Waals surface area contributed by atoms with Crippen LogP contribution < -0.4 is 5.32 Å². The fourth-order valence-electron chi connectivity index (χ4n) is 2.47. The molecule has 1 N–H and O–H groups in total. The highest BCUT2D eigenvalue weighted by molar-refractivity contribution is 5.21. The van der Waals surface area contributed by atoms with Crippen LogP contribution in [0.4, 0.5) is 0 Å². The molecule has 1 aromatic rings. The summed E-state index contributed by atoms with van der Waals surface area (Å²) < 4.78 is 5.92. The Morgan fingerprint density at radius 3 is 2.38 bits per heavy atom. The van der Waals surface area contributed by atoms with E-state index in [2.05, 4.69) is 71.8 Å². The van der Waals surface area contributed by atoms with Crippen molar-refractivity contribution in [1.29, 1.82) is 0 Å². The number of hydrogen-bond donors (Lipinski definition) is 1. The number of hydrogen-bond acceptors (Lipinski definition) is 3. The first-order valence-corrected chi connectivity index (χ1v) is 8.12. The van der Waals surface area contributed by atoms with E-state index in [0.717, 1.165) is 30.5 Å². The second-order valence-corrected chi connectivity index (χ2v) is 7.79. The van der Waals surface area contributed by atoms with Gasteiger partial charge < -0.3 is 9.73 Å². The Morgan fingerprint density at radius 1 is 1.24 bits per heavy atom. The maximum absolute atomic E-state index is 5.92. The van der Waals surface area contributed by atoms with Crippen molar-refractivity contribution in [2.45, 2.75) is 79.6 Å². The number of nitrogens with one attached hydrogen (secondary N) is 1. The SMILES string of the molecule is Cc1oc(CN(C)C(C)CC(C)C)cc1CNC(C)(C)C. The Bertz CT molecular complexity index is 429. The predicted octanol–water partition coefficient (Wildman–Crippen LogP) is 4.34. The van der Waals surface area contributed by atoms with Crippen molar-refractivity contribution in [1.82, 2.24) is 10.2 Å². The molecule has 0 amide bonds. The summed E-state index contributed by atoms with van der Waals surface area (Å²) in [5.41, 5.74) is 1.40. The third-order valence-corrected chi connectivity index (χ3v) is 3.85. The molecule has 1 aromatic heterocycles. The topological polar surface area (TPSA) is 28.4 Å². The van der Waals surface area contributed by atoms with E-state index in [-0.39, 0.29) is 5.54 Å². The molecule has 0 aliphatic heterocycles. The summed E-state index contributed by atoms with van der Waals surface area (Å²) in [6.45, 7) is 17.2. The highest BCUT2D eigenvalue weighted by atomic mass is 16.3. The molecule has 0 aromatic carbocycles. The van der Waals surface area contributed by atoms with Crippen LogP contribution in [0.15, 0.2) is 10.5 Å². The molecule has 0 saturated carbocycles. The standard InChI is InChI=1S/C18H34N2O/c1-13(2)9-14(3)20(8)12-17-10-16(15(4)21-17)11-19-18(5,6)7/h10,13-14,19H,9,11-12H2,1-8H3. The average molecular weight is 294 g/mol. The molecule has 3 heteroatoms. The first-order chi connectivity index (χ1) is 9.58. The van der Waals surface area contributed by atoms with Gasteiger partial charge >= 0.3 is 0 Å². The van der Waals surface area contributed by atoms with Crippen molar-refractivity contribution in [3.8, 4) is 0 Å². The zero-order valence-electron chi connectivity index (χ0n) is 15.2. The molecular weight excluding hydrogens is 260 g/mol. The van der Waals surface area contributed by atoms with Crippen LogP contribution in [0.3, 0.4) is 0 Å². The summed E-state index contributed by atoms with van der Waals surface area (Å²) in [5.74, 6) is 2.83. The molecule has 122 valence electrons. The largest absolute Gasteiger partial charge is 0.465 e. The quantitative estimate of drug-likeness (QED) is 0.810. The second kappa shape index (κ2) is 7.46. The number of rotatable bonds is 7. The highest BCUT2D eigenvalue weighted by Gasteiger charge is 2.16. The van der Waals surface area contributed by atoms with E-state index in [0.29, 0.717) is 6.04 Å². The summed E-state index contributed by atoms with van der Waals surface area (Å²) in [6.07, 6.45) is 1.22. The smallest absolute Gasteiger partial charge is 0.118 e. The van der Waals surface area contributed by atoms with Crippen molar-refractivity contribution < 1.29 is 4.42 Å². The van der Waals surface area contributed by atoms with Crippen LogP contribution in [0.25, 0.3) is 0 Å². The monoisotopic (exact) mass is 294 g/mol. The van der Waals surface area contributed by atoms with Crippen molar-refractivity contribution in [2.75, 3.05) is 7.05 Å². The van der Waals surface area contributed by atoms with Crippen LogP contribution >= 0.6 is 0 Å². The zero-order chi connectivity index (χ0) is 16.2. The molecule has 0 spiro atoms. The minimum Gasteiger partial charge on any atom is -0.465 e. The lowest BCUT2D eigenvalue weighted by Gasteiger charge is -2.25.